The van der Waals surface area contributed by atoms with Crippen molar-refractivity contribution in [3.05, 3.63) is 59.4 Å². The molecule has 3 aromatic rings. The monoisotopic (exact) mass is 440 g/mol. The van der Waals surface area contributed by atoms with E-state index in [0.29, 0.717) is 24.9 Å². The number of imidazole rings is 1. The van der Waals surface area contributed by atoms with E-state index >= 15 is 0 Å². The Balaban J connectivity index is 1.50. The summed E-state index contributed by atoms with van der Waals surface area (Å²) >= 11 is 0. The maximum atomic E-state index is 12.6. The molecule has 0 radical (unpaired) electrons. The Kier molecular flexibility index (Phi) is 5.85. The van der Waals surface area contributed by atoms with Crippen molar-refractivity contribution in [1.82, 2.24) is 19.2 Å². The predicted molar refractivity (Wildman–Crippen MR) is 120 cm³/mol. The molecule has 0 saturated heterocycles. The molecule has 7 nitrogen and oxygen atoms in total. The first-order chi connectivity index (χ1) is 14.8. The molecule has 8 heteroatoms. The number of hydrogen-bond acceptors (Lipinski definition) is 4. The van der Waals surface area contributed by atoms with Gasteiger partial charge in [0.15, 0.2) is 0 Å². The van der Waals surface area contributed by atoms with Crippen LogP contribution in [0.3, 0.4) is 0 Å². The van der Waals surface area contributed by atoms with Crippen LogP contribution in [0.1, 0.15) is 42.8 Å². The molecule has 0 spiro atoms. The Morgan fingerprint density at radius 2 is 2.00 bits per heavy atom. The van der Waals surface area contributed by atoms with Crippen molar-refractivity contribution < 1.29 is 13.2 Å². The van der Waals surface area contributed by atoms with Crippen LogP contribution >= 0.6 is 0 Å². The molecule has 1 unspecified atom stereocenters. The van der Waals surface area contributed by atoms with Crippen molar-refractivity contribution in [2.75, 3.05) is 14.1 Å². The number of amides is 1. The van der Waals surface area contributed by atoms with E-state index in [1.165, 1.54) is 29.5 Å². The number of aryl methyl sites for hydroxylation is 3. The fourth-order valence-electron chi connectivity index (χ4n) is 4.27. The summed E-state index contributed by atoms with van der Waals surface area (Å²) < 4.78 is 28.1. The van der Waals surface area contributed by atoms with Crippen molar-refractivity contribution in [3.8, 4) is 0 Å². The maximum Gasteiger partial charge on any atom is 0.242 e. The lowest BCUT2D eigenvalue weighted by atomic mass is 10.1. The molecule has 1 aromatic heterocycles. The van der Waals surface area contributed by atoms with Crippen molar-refractivity contribution in [2.45, 2.75) is 50.1 Å². The van der Waals surface area contributed by atoms with E-state index in [0.717, 1.165) is 24.2 Å². The molecule has 1 aliphatic carbocycles. The third-order valence-electron chi connectivity index (χ3n) is 5.94. The van der Waals surface area contributed by atoms with Gasteiger partial charge in [-0.3, -0.25) is 4.79 Å². The normalized spacial score (nSPS) is 16.1. The largest absolute Gasteiger partial charge is 0.349 e. The van der Waals surface area contributed by atoms with E-state index in [4.69, 9.17) is 0 Å². The molecule has 0 fully saturated rings. The molecule has 0 aliphatic heterocycles. The number of sulfonamides is 1. The Labute approximate surface area is 183 Å². The molecular formula is C23H28N4O3S. The summed E-state index contributed by atoms with van der Waals surface area (Å²) in [6.07, 6.45) is 2.76. The summed E-state index contributed by atoms with van der Waals surface area (Å²) in [5.41, 5.74) is 4.03. The molecule has 31 heavy (non-hydrogen) atoms. The van der Waals surface area contributed by atoms with Gasteiger partial charge in [0.1, 0.15) is 5.82 Å². The third-order valence-corrected chi connectivity index (χ3v) is 7.75. The van der Waals surface area contributed by atoms with Crippen LogP contribution in [0.4, 0.5) is 0 Å². The smallest absolute Gasteiger partial charge is 0.242 e. The molecule has 0 bridgehead atoms. The highest BCUT2D eigenvalue weighted by molar-refractivity contribution is 7.89. The maximum absolute atomic E-state index is 12.6. The number of rotatable bonds is 7. The second kappa shape index (κ2) is 8.43. The number of fused-ring (bicyclic) bond motifs is 2. The van der Waals surface area contributed by atoms with Gasteiger partial charge in [0.05, 0.1) is 22.0 Å². The molecule has 2 aromatic carbocycles. The topological polar surface area (TPSA) is 84.3 Å². The highest BCUT2D eigenvalue weighted by Gasteiger charge is 2.24. The van der Waals surface area contributed by atoms with Gasteiger partial charge in [-0.1, -0.05) is 24.3 Å². The predicted octanol–water partition coefficient (Wildman–Crippen LogP) is 3.04. The molecule has 1 aliphatic rings. The molecule has 1 heterocycles. The van der Waals surface area contributed by atoms with Gasteiger partial charge >= 0.3 is 0 Å². The number of carbonyl (C=O) groups excluding carboxylic acids is 1. The van der Waals surface area contributed by atoms with E-state index in [1.54, 1.807) is 18.2 Å². The summed E-state index contributed by atoms with van der Waals surface area (Å²) in [4.78, 5) is 17.5. The Bertz CT molecular complexity index is 1230. The number of carbonyl (C=O) groups is 1. The van der Waals surface area contributed by atoms with Crippen LogP contribution in [0.2, 0.25) is 0 Å². The van der Waals surface area contributed by atoms with Crippen LogP contribution in [0.5, 0.6) is 0 Å². The van der Waals surface area contributed by atoms with Crippen molar-refractivity contribution in [3.63, 3.8) is 0 Å². The fraction of sp³-hybridized carbons (Fsp3) is 0.391. The molecule has 4 rings (SSSR count). The highest BCUT2D eigenvalue weighted by Crippen LogP contribution is 2.30. The van der Waals surface area contributed by atoms with Gasteiger partial charge in [-0.15, -0.1) is 0 Å². The van der Waals surface area contributed by atoms with Crippen LogP contribution in [0, 0.1) is 0 Å². The molecule has 1 amide bonds. The third kappa shape index (κ3) is 4.09. The molecule has 1 atom stereocenters. The number of aromatic nitrogens is 2. The van der Waals surface area contributed by atoms with E-state index in [-0.39, 0.29) is 16.8 Å². The summed E-state index contributed by atoms with van der Waals surface area (Å²) in [7, 11) is -0.501. The number of nitrogens with one attached hydrogen (secondary N) is 1. The lowest BCUT2D eigenvalue weighted by Gasteiger charge is -2.14. The van der Waals surface area contributed by atoms with E-state index < -0.39 is 10.0 Å². The molecular weight excluding hydrogens is 412 g/mol. The van der Waals surface area contributed by atoms with Crippen LogP contribution in [-0.2, 0) is 34.2 Å². The minimum absolute atomic E-state index is 0.00675. The van der Waals surface area contributed by atoms with Gasteiger partial charge in [-0.05, 0) is 49.1 Å². The zero-order chi connectivity index (χ0) is 22.2. The standard InChI is InChI=1S/C23H28N4O3S/c1-4-27-21-12-10-17(31(29,30)26(2)3)15-20(21)24-22(27)13-14-23(28)25-19-11-9-16-7-5-6-8-18(16)19/h5-8,10,12,15,19H,4,9,11,13-14H2,1-3H3,(H,25,28). The minimum atomic E-state index is -3.52. The second-order valence-electron chi connectivity index (χ2n) is 8.07. The van der Waals surface area contributed by atoms with Gasteiger partial charge in [-0.2, -0.15) is 0 Å². The first-order valence-corrected chi connectivity index (χ1v) is 12.0. The fourth-order valence-corrected chi connectivity index (χ4v) is 5.20. The summed E-state index contributed by atoms with van der Waals surface area (Å²) in [5, 5.41) is 3.16. The van der Waals surface area contributed by atoms with Crippen molar-refractivity contribution in [2.24, 2.45) is 0 Å². The second-order valence-corrected chi connectivity index (χ2v) is 10.2. The summed E-state index contributed by atoms with van der Waals surface area (Å²) in [6.45, 7) is 2.72. The molecule has 164 valence electrons. The van der Waals surface area contributed by atoms with Gasteiger partial charge in [0.25, 0.3) is 0 Å². The lowest BCUT2D eigenvalue weighted by Crippen LogP contribution is -2.27. The van der Waals surface area contributed by atoms with Crippen molar-refractivity contribution >= 4 is 27.0 Å². The van der Waals surface area contributed by atoms with E-state index in [2.05, 4.69) is 22.4 Å². The van der Waals surface area contributed by atoms with Gasteiger partial charge < -0.3 is 9.88 Å². The quantitative estimate of drug-likeness (QED) is 0.612. The van der Waals surface area contributed by atoms with Gasteiger partial charge in [0, 0.05) is 33.5 Å². The first-order valence-electron chi connectivity index (χ1n) is 10.6. The minimum Gasteiger partial charge on any atom is -0.349 e. The van der Waals surface area contributed by atoms with Crippen LogP contribution < -0.4 is 5.32 Å². The van der Waals surface area contributed by atoms with Gasteiger partial charge in [-0.25, -0.2) is 17.7 Å². The average Bonchev–Trinajstić information content (AvgIpc) is 3.32. The molecule has 0 saturated carbocycles. The Morgan fingerprint density at radius 1 is 1.23 bits per heavy atom. The van der Waals surface area contributed by atoms with Crippen LogP contribution in [0.15, 0.2) is 47.4 Å². The van der Waals surface area contributed by atoms with Crippen molar-refractivity contribution in [1.29, 1.82) is 0 Å². The number of hydrogen-bond donors (Lipinski definition) is 1. The van der Waals surface area contributed by atoms with Crippen LogP contribution in [0.25, 0.3) is 11.0 Å². The number of nitrogens with zero attached hydrogens (tertiary/aromatic N) is 3. The highest BCUT2D eigenvalue weighted by atomic mass is 32.2. The number of benzene rings is 2. The Morgan fingerprint density at radius 3 is 2.74 bits per heavy atom. The zero-order valence-electron chi connectivity index (χ0n) is 18.1. The zero-order valence-corrected chi connectivity index (χ0v) is 18.9. The van der Waals surface area contributed by atoms with E-state index in [9.17, 15) is 13.2 Å². The van der Waals surface area contributed by atoms with Crippen LogP contribution in [-0.4, -0.2) is 42.3 Å². The van der Waals surface area contributed by atoms with E-state index in [1.807, 2.05) is 23.6 Å². The van der Waals surface area contributed by atoms with Gasteiger partial charge in [0.2, 0.25) is 15.9 Å². The summed E-state index contributed by atoms with van der Waals surface area (Å²) in [6, 6.07) is 13.3. The lowest BCUT2D eigenvalue weighted by molar-refractivity contribution is -0.121. The average molecular weight is 441 g/mol. The SMILES string of the molecule is CCn1c(CCC(=O)NC2CCc3ccccc32)nc2cc(S(=O)(=O)N(C)C)ccc21. The Hall–Kier alpha value is -2.71. The summed E-state index contributed by atoms with van der Waals surface area (Å²) in [5.74, 6) is 0.797. The molecule has 1 N–H and O–H groups in total. The first kappa shape index (κ1) is 21.5.